The molecule has 0 radical (unpaired) electrons. The molecule has 1 atom stereocenters. The van der Waals surface area contributed by atoms with Crippen LogP contribution in [-0.2, 0) is 11.3 Å². The molecule has 17 heavy (non-hydrogen) atoms. The van der Waals surface area contributed by atoms with Crippen molar-refractivity contribution in [2.75, 3.05) is 0 Å². The van der Waals surface area contributed by atoms with Crippen LogP contribution in [0.2, 0.25) is 0 Å². The Bertz CT molecular complexity index is 401. The van der Waals surface area contributed by atoms with E-state index in [0.29, 0.717) is 18.5 Å². The third-order valence-electron chi connectivity index (χ3n) is 2.46. The van der Waals surface area contributed by atoms with Gasteiger partial charge in [0.25, 0.3) is 5.91 Å². The van der Waals surface area contributed by atoms with Gasteiger partial charge in [-0.25, -0.2) is 4.79 Å². The van der Waals surface area contributed by atoms with E-state index in [1.807, 2.05) is 0 Å². The lowest BCUT2D eigenvalue weighted by Crippen LogP contribution is -2.40. The van der Waals surface area contributed by atoms with E-state index in [4.69, 9.17) is 10.8 Å². The van der Waals surface area contributed by atoms with Gasteiger partial charge in [0, 0.05) is 12.1 Å². The van der Waals surface area contributed by atoms with Crippen LogP contribution in [0.5, 0.6) is 0 Å². The highest BCUT2D eigenvalue weighted by atomic mass is 16.4. The number of carboxylic acids is 1. The second kappa shape index (κ2) is 6.00. The topological polar surface area (TPSA) is 92.4 Å². The van der Waals surface area contributed by atoms with E-state index in [-0.39, 0.29) is 5.91 Å². The Labute approximate surface area is 99.6 Å². The van der Waals surface area contributed by atoms with E-state index < -0.39 is 12.0 Å². The Morgan fingerprint density at radius 3 is 2.35 bits per heavy atom. The van der Waals surface area contributed by atoms with Gasteiger partial charge in [-0.05, 0) is 24.1 Å². The molecule has 4 N–H and O–H groups in total. The van der Waals surface area contributed by atoms with Crippen molar-refractivity contribution < 1.29 is 14.7 Å². The summed E-state index contributed by atoms with van der Waals surface area (Å²) >= 11 is 0. The molecule has 0 aromatic heterocycles. The van der Waals surface area contributed by atoms with Crippen molar-refractivity contribution in [2.24, 2.45) is 5.73 Å². The fourth-order valence-corrected chi connectivity index (χ4v) is 1.37. The summed E-state index contributed by atoms with van der Waals surface area (Å²) in [7, 11) is 0. The maximum absolute atomic E-state index is 11.7. The zero-order valence-electron chi connectivity index (χ0n) is 9.64. The molecule has 1 rings (SSSR count). The first-order valence-corrected chi connectivity index (χ1v) is 5.41. The summed E-state index contributed by atoms with van der Waals surface area (Å²) in [6.07, 6.45) is 0.349. The first kappa shape index (κ1) is 13.2. The van der Waals surface area contributed by atoms with E-state index in [0.717, 1.165) is 5.56 Å². The van der Waals surface area contributed by atoms with E-state index in [9.17, 15) is 9.59 Å². The van der Waals surface area contributed by atoms with Crippen molar-refractivity contribution >= 4 is 11.9 Å². The van der Waals surface area contributed by atoms with Gasteiger partial charge in [0.2, 0.25) is 0 Å². The van der Waals surface area contributed by atoms with E-state index >= 15 is 0 Å². The monoisotopic (exact) mass is 236 g/mol. The third-order valence-corrected chi connectivity index (χ3v) is 2.46. The zero-order valence-corrected chi connectivity index (χ0v) is 9.64. The van der Waals surface area contributed by atoms with Gasteiger partial charge in [-0.2, -0.15) is 0 Å². The van der Waals surface area contributed by atoms with Crippen LogP contribution in [0.1, 0.15) is 29.3 Å². The van der Waals surface area contributed by atoms with Crippen LogP contribution in [0, 0.1) is 0 Å². The number of carbonyl (C=O) groups excluding carboxylic acids is 1. The number of hydrogen-bond donors (Lipinski definition) is 3. The second-order valence-corrected chi connectivity index (χ2v) is 3.67. The van der Waals surface area contributed by atoms with Gasteiger partial charge < -0.3 is 16.2 Å². The number of benzene rings is 1. The van der Waals surface area contributed by atoms with Crippen LogP contribution in [0.15, 0.2) is 24.3 Å². The molecule has 1 aromatic rings. The number of rotatable bonds is 5. The van der Waals surface area contributed by atoms with Gasteiger partial charge in [0.1, 0.15) is 6.04 Å². The molecule has 0 heterocycles. The standard InChI is InChI=1S/C12H16N2O3/c1-2-10(12(16)17)14-11(15)9-5-3-8(7-13)4-6-9/h3-6,10H,2,7,13H2,1H3,(H,14,15)(H,16,17)/t10-/m1/s1. The molecule has 0 saturated heterocycles. The van der Waals surface area contributed by atoms with Gasteiger partial charge in [-0.3, -0.25) is 4.79 Å². The Morgan fingerprint density at radius 2 is 1.94 bits per heavy atom. The number of nitrogens with two attached hydrogens (primary N) is 1. The molecule has 1 amide bonds. The zero-order chi connectivity index (χ0) is 12.8. The Balaban J connectivity index is 2.72. The molecule has 92 valence electrons. The highest BCUT2D eigenvalue weighted by Crippen LogP contribution is 2.04. The minimum atomic E-state index is -1.03. The van der Waals surface area contributed by atoms with Crippen LogP contribution in [0.25, 0.3) is 0 Å². The maximum atomic E-state index is 11.7. The highest BCUT2D eigenvalue weighted by Gasteiger charge is 2.18. The number of nitrogens with one attached hydrogen (secondary N) is 1. The van der Waals surface area contributed by atoms with Crippen LogP contribution >= 0.6 is 0 Å². The van der Waals surface area contributed by atoms with E-state index in [1.165, 1.54) is 0 Å². The first-order valence-electron chi connectivity index (χ1n) is 5.41. The summed E-state index contributed by atoms with van der Waals surface area (Å²) in [5.74, 6) is -1.41. The maximum Gasteiger partial charge on any atom is 0.326 e. The molecule has 0 fully saturated rings. The molecule has 5 heteroatoms. The van der Waals surface area contributed by atoms with Crippen molar-refractivity contribution in [1.29, 1.82) is 0 Å². The van der Waals surface area contributed by atoms with Crippen molar-refractivity contribution in [3.05, 3.63) is 35.4 Å². The van der Waals surface area contributed by atoms with Crippen LogP contribution in [0.3, 0.4) is 0 Å². The van der Waals surface area contributed by atoms with Crippen molar-refractivity contribution in [2.45, 2.75) is 25.9 Å². The quantitative estimate of drug-likeness (QED) is 0.703. The number of amides is 1. The van der Waals surface area contributed by atoms with Gasteiger partial charge in [0.15, 0.2) is 0 Å². The summed E-state index contributed by atoms with van der Waals surface area (Å²) in [5.41, 5.74) is 6.80. The lowest BCUT2D eigenvalue weighted by molar-refractivity contribution is -0.139. The summed E-state index contributed by atoms with van der Waals surface area (Å²) in [6, 6.07) is 5.91. The molecular weight excluding hydrogens is 220 g/mol. The number of aliphatic carboxylic acids is 1. The third kappa shape index (κ3) is 3.57. The predicted molar refractivity (Wildman–Crippen MR) is 63.5 cm³/mol. The SMILES string of the molecule is CC[C@@H](NC(=O)c1ccc(CN)cc1)C(=O)O. The van der Waals surface area contributed by atoms with Crippen molar-refractivity contribution in [3.63, 3.8) is 0 Å². The fraction of sp³-hybridized carbons (Fsp3) is 0.333. The lowest BCUT2D eigenvalue weighted by atomic mass is 10.1. The predicted octanol–water partition coefficient (Wildman–Crippen LogP) is 0.738. The van der Waals surface area contributed by atoms with Gasteiger partial charge >= 0.3 is 5.97 Å². The van der Waals surface area contributed by atoms with E-state index in [2.05, 4.69) is 5.32 Å². The summed E-state index contributed by atoms with van der Waals surface area (Å²) in [5, 5.41) is 11.3. The lowest BCUT2D eigenvalue weighted by Gasteiger charge is -2.12. The summed E-state index contributed by atoms with van der Waals surface area (Å²) < 4.78 is 0. The normalized spacial score (nSPS) is 11.9. The average molecular weight is 236 g/mol. The smallest absolute Gasteiger partial charge is 0.326 e. The Kier molecular flexibility index (Phi) is 4.66. The first-order chi connectivity index (χ1) is 8.08. The number of hydrogen-bond acceptors (Lipinski definition) is 3. The molecule has 0 saturated carbocycles. The molecule has 0 aliphatic heterocycles. The molecule has 0 aliphatic carbocycles. The molecule has 0 aliphatic rings. The van der Waals surface area contributed by atoms with Gasteiger partial charge in [0.05, 0.1) is 0 Å². The Hall–Kier alpha value is -1.88. The molecule has 0 unspecified atom stereocenters. The van der Waals surface area contributed by atoms with Gasteiger partial charge in [-0.15, -0.1) is 0 Å². The fourth-order valence-electron chi connectivity index (χ4n) is 1.37. The van der Waals surface area contributed by atoms with E-state index in [1.54, 1.807) is 31.2 Å². The van der Waals surface area contributed by atoms with Gasteiger partial charge in [-0.1, -0.05) is 19.1 Å². The molecule has 1 aromatic carbocycles. The molecular formula is C12H16N2O3. The number of carboxylic acid groups (broad SMARTS) is 1. The summed E-state index contributed by atoms with van der Waals surface area (Å²) in [4.78, 5) is 22.5. The summed E-state index contributed by atoms with van der Waals surface area (Å²) in [6.45, 7) is 2.12. The Morgan fingerprint density at radius 1 is 1.35 bits per heavy atom. The van der Waals surface area contributed by atoms with Crippen LogP contribution in [-0.4, -0.2) is 23.0 Å². The number of carbonyl (C=O) groups is 2. The van der Waals surface area contributed by atoms with Crippen molar-refractivity contribution in [3.8, 4) is 0 Å². The largest absolute Gasteiger partial charge is 0.480 e. The average Bonchev–Trinajstić information content (AvgIpc) is 2.35. The molecule has 0 spiro atoms. The molecule has 5 nitrogen and oxygen atoms in total. The van der Waals surface area contributed by atoms with Crippen LogP contribution < -0.4 is 11.1 Å². The van der Waals surface area contributed by atoms with Crippen molar-refractivity contribution in [1.82, 2.24) is 5.32 Å². The minimum Gasteiger partial charge on any atom is -0.480 e. The highest BCUT2D eigenvalue weighted by molar-refractivity contribution is 5.96. The molecule has 0 bridgehead atoms. The van der Waals surface area contributed by atoms with Crippen LogP contribution in [0.4, 0.5) is 0 Å². The minimum absolute atomic E-state index is 0.349. The second-order valence-electron chi connectivity index (χ2n) is 3.67.